The summed E-state index contributed by atoms with van der Waals surface area (Å²) < 4.78 is 9.39. The summed E-state index contributed by atoms with van der Waals surface area (Å²) in [5.41, 5.74) is 3.29. The maximum absolute atomic E-state index is 15.0. The molecule has 2 aromatic heterocycles. The van der Waals surface area contributed by atoms with Crippen molar-refractivity contribution >= 4 is 65.4 Å². The molecule has 10 nitrogen and oxygen atoms in total. The highest BCUT2D eigenvalue weighted by Gasteiger charge is 2.51. The molecule has 3 atom stereocenters. The van der Waals surface area contributed by atoms with E-state index in [1.807, 2.05) is 47.7 Å². The Bertz CT molecular complexity index is 2310. The van der Waals surface area contributed by atoms with Gasteiger partial charge in [0.2, 0.25) is 5.91 Å². The van der Waals surface area contributed by atoms with E-state index in [0.717, 1.165) is 23.2 Å². The van der Waals surface area contributed by atoms with E-state index in [9.17, 15) is 14.4 Å². The second-order valence-electron chi connectivity index (χ2n) is 16.7. The average molecular weight is 836 g/mol. The molecule has 1 fully saturated rings. The number of fused-ring (bicyclic) bond motifs is 3. The topological polar surface area (TPSA) is 101 Å². The number of nitrogens with zero attached hydrogens (tertiary/aromatic N) is 6. The van der Waals surface area contributed by atoms with Crippen LogP contribution in [0.3, 0.4) is 0 Å². The summed E-state index contributed by atoms with van der Waals surface area (Å²) in [4.78, 5) is 51.6. The van der Waals surface area contributed by atoms with Crippen LogP contribution in [0.5, 0.6) is 0 Å². The molecule has 0 saturated carbocycles. The van der Waals surface area contributed by atoms with E-state index in [2.05, 4.69) is 74.3 Å². The first-order chi connectivity index (χ1) is 27.8. The zero-order valence-corrected chi connectivity index (χ0v) is 36.0. The van der Waals surface area contributed by atoms with Gasteiger partial charge in [0.1, 0.15) is 11.5 Å². The number of hydrogen-bond donors (Lipinski definition) is 0. The van der Waals surface area contributed by atoms with Crippen LogP contribution in [0.15, 0.2) is 97.2 Å². The summed E-state index contributed by atoms with van der Waals surface area (Å²) in [6.07, 6.45) is 3.58. The number of amides is 3. The van der Waals surface area contributed by atoms with Gasteiger partial charge in [0.05, 0.1) is 41.0 Å². The largest absolute Gasteiger partial charge is 0.405 e. The standard InChI is InChI=1S/C45H48Cl2N6O4Si/c1-29-23-39-36(27-51(29)43(55)31-18-20-37(46)38(47)24-31)42-44(56)52(30(2)32-19-21-40(48-25-32)50-22-12-17-41(50)54)26-33(53(42)49-39)28-57-58(45(3,4)5,34-13-8-6-9-14-34)35-15-10-7-11-16-35/h6-11,13-16,18-21,24-25,29-30,33H,12,17,22-23,26-28H2,1-5H3/t29-,30?,33+/m1/s1. The smallest absolute Gasteiger partial charge is 0.273 e. The van der Waals surface area contributed by atoms with Gasteiger partial charge in [-0.3, -0.25) is 24.0 Å². The van der Waals surface area contributed by atoms with Crippen molar-refractivity contribution in [3.05, 3.63) is 135 Å². The van der Waals surface area contributed by atoms with Gasteiger partial charge in [0.25, 0.3) is 20.1 Å². The Labute approximate surface area is 350 Å². The fraction of sp³-hybridized carbons (Fsp3) is 0.356. The van der Waals surface area contributed by atoms with Gasteiger partial charge in [-0.25, -0.2) is 4.98 Å². The molecule has 300 valence electrons. The number of rotatable bonds is 9. The molecule has 1 unspecified atom stereocenters. The Hall–Kier alpha value is -4.81. The summed E-state index contributed by atoms with van der Waals surface area (Å²) in [6, 6.07) is 28.9. The number of carbonyl (C=O) groups is 3. The molecule has 3 aromatic carbocycles. The van der Waals surface area contributed by atoms with Gasteiger partial charge in [-0.2, -0.15) is 5.10 Å². The number of anilines is 1. The summed E-state index contributed by atoms with van der Waals surface area (Å²) >= 11 is 12.5. The zero-order valence-electron chi connectivity index (χ0n) is 33.5. The van der Waals surface area contributed by atoms with Crippen LogP contribution in [0.1, 0.15) is 97.2 Å². The van der Waals surface area contributed by atoms with Crippen molar-refractivity contribution in [1.82, 2.24) is 24.6 Å². The molecule has 0 aliphatic carbocycles. The van der Waals surface area contributed by atoms with Crippen molar-refractivity contribution in [3.8, 4) is 0 Å². The quantitative estimate of drug-likeness (QED) is 0.142. The Morgan fingerprint density at radius 1 is 0.948 bits per heavy atom. The van der Waals surface area contributed by atoms with E-state index in [1.165, 1.54) is 10.4 Å². The predicted molar refractivity (Wildman–Crippen MR) is 230 cm³/mol. The van der Waals surface area contributed by atoms with Crippen LogP contribution in [0, 0.1) is 0 Å². The summed E-state index contributed by atoms with van der Waals surface area (Å²) in [5, 5.41) is 7.93. The molecular formula is C45H48Cl2N6O4Si. The summed E-state index contributed by atoms with van der Waals surface area (Å²) in [7, 11) is -2.96. The first-order valence-electron chi connectivity index (χ1n) is 20.0. The normalized spacial score (nSPS) is 19.0. The monoisotopic (exact) mass is 834 g/mol. The molecule has 5 heterocycles. The van der Waals surface area contributed by atoms with Crippen molar-refractivity contribution in [2.24, 2.45) is 0 Å². The van der Waals surface area contributed by atoms with Crippen LogP contribution in [0.4, 0.5) is 5.82 Å². The molecule has 0 bridgehead atoms. The highest BCUT2D eigenvalue weighted by atomic mass is 35.5. The Morgan fingerprint density at radius 2 is 1.64 bits per heavy atom. The highest BCUT2D eigenvalue weighted by molar-refractivity contribution is 6.99. The van der Waals surface area contributed by atoms with Crippen molar-refractivity contribution in [1.29, 1.82) is 0 Å². The van der Waals surface area contributed by atoms with Crippen LogP contribution < -0.4 is 15.3 Å². The fourth-order valence-electron chi connectivity index (χ4n) is 8.96. The Balaban J connectivity index is 1.19. The molecule has 13 heteroatoms. The summed E-state index contributed by atoms with van der Waals surface area (Å²) in [5.74, 6) is 0.327. The van der Waals surface area contributed by atoms with Gasteiger partial charge in [0, 0.05) is 49.3 Å². The van der Waals surface area contributed by atoms with E-state index in [-0.39, 0.29) is 47.4 Å². The van der Waals surface area contributed by atoms with Crippen molar-refractivity contribution in [3.63, 3.8) is 0 Å². The fourth-order valence-corrected chi connectivity index (χ4v) is 13.9. The lowest BCUT2D eigenvalue weighted by Crippen LogP contribution is -2.67. The van der Waals surface area contributed by atoms with Crippen molar-refractivity contribution < 1.29 is 18.8 Å². The molecule has 3 aliphatic heterocycles. The maximum atomic E-state index is 15.0. The van der Waals surface area contributed by atoms with E-state index in [1.54, 1.807) is 34.2 Å². The van der Waals surface area contributed by atoms with Crippen molar-refractivity contribution in [2.45, 2.75) is 83.6 Å². The number of pyridine rings is 1. The Kier molecular flexibility index (Phi) is 10.9. The third-order valence-corrected chi connectivity index (χ3v) is 17.8. The lowest BCUT2D eigenvalue weighted by atomic mass is 9.96. The van der Waals surface area contributed by atoms with Gasteiger partial charge in [-0.15, -0.1) is 0 Å². The van der Waals surface area contributed by atoms with Crippen LogP contribution >= 0.6 is 23.2 Å². The van der Waals surface area contributed by atoms with Crippen molar-refractivity contribution in [2.75, 3.05) is 24.6 Å². The first-order valence-corrected chi connectivity index (χ1v) is 22.6. The molecule has 5 aromatic rings. The summed E-state index contributed by atoms with van der Waals surface area (Å²) in [6.45, 7) is 12.3. The number of hydrogen-bond acceptors (Lipinski definition) is 6. The maximum Gasteiger partial charge on any atom is 0.273 e. The van der Waals surface area contributed by atoms with Gasteiger partial charge < -0.3 is 14.2 Å². The molecule has 1 saturated heterocycles. The number of carbonyl (C=O) groups excluding carboxylic acids is 3. The molecule has 0 radical (unpaired) electrons. The van der Waals surface area contributed by atoms with Crippen LogP contribution in [-0.4, -0.2) is 76.3 Å². The molecule has 3 aliphatic rings. The minimum atomic E-state index is -2.96. The number of benzene rings is 3. The third kappa shape index (κ3) is 7.05. The van der Waals surface area contributed by atoms with E-state index < -0.39 is 8.32 Å². The number of halogens is 2. The second kappa shape index (κ2) is 15.7. The lowest BCUT2D eigenvalue weighted by molar-refractivity contribution is -0.117. The van der Waals surface area contributed by atoms with Gasteiger partial charge >= 0.3 is 0 Å². The van der Waals surface area contributed by atoms with E-state index >= 15 is 0 Å². The van der Waals surface area contributed by atoms with Gasteiger partial charge in [0.15, 0.2) is 0 Å². The third-order valence-electron chi connectivity index (χ3n) is 12.1. The first kappa shape index (κ1) is 40.0. The van der Waals surface area contributed by atoms with Gasteiger partial charge in [-0.05, 0) is 65.5 Å². The highest BCUT2D eigenvalue weighted by Crippen LogP contribution is 2.40. The molecular weight excluding hydrogens is 788 g/mol. The Morgan fingerprint density at radius 3 is 2.22 bits per heavy atom. The van der Waals surface area contributed by atoms with Crippen LogP contribution in [0.2, 0.25) is 15.1 Å². The molecule has 3 amide bonds. The molecule has 0 N–H and O–H groups in total. The lowest BCUT2D eigenvalue weighted by Gasteiger charge is -2.45. The average Bonchev–Trinajstić information content (AvgIpc) is 3.82. The number of aromatic nitrogens is 3. The molecule has 8 rings (SSSR count). The van der Waals surface area contributed by atoms with Crippen LogP contribution in [0.25, 0.3) is 0 Å². The predicted octanol–water partition coefficient (Wildman–Crippen LogP) is 7.63. The molecule has 58 heavy (non-hydrogen) atoms. The molecule has 0 spiro atoms. The second-order valence-corrected chi connectivity index (χ2v) is 21.8. The van der Waals surface area contributed by atoms with E-state index in [4.69, 9.17) is 32.7 Å². The zero-order chi connectivity index (χ0) is 40.9. The SMILES string of the molecule is CC(c1ccc(N2CCCC2=O)nc1)N1C[C@@H](CO[Si](c2ccccc2)(c2ccccc2)C(C)(C)C)n2nc3c(c2C1=O)CN(C(=O)c1ccc(Cl)c(Cl)c1)[C@H](C)C3. The van der Waals surface area contributed by atoms with E-state index in [0.29, 0.717) is 59.7 Å². The minimum Gasteiger partial charge on any atom is -0.405 e. The minimum absolute atomic E-state index is 0.0716. The van der Waals surface area contributed by atoms with Gasteiger partial charge in [-0.1, -0.05) is 111 Å². The van der Waals surface area contributed by atoms with Crippen LogP contribution in [-0.2, 0) is 22.2 Å².